The van der Waals surface area contributed by atoms with Gasteiger partial charge in [0.2, 0.25) is 0 Å². The molecule has 0 amide bonds. The smallest absolute Gasteiger partial charge is 0.0165 e. The van der Waals surface area contributed by atoms with E-state index in [9.17, 15) is 0 Å². The van der Waals surface area contributed by atoms with Gasteiger partial charge in [-0.25, -0.2) is 0 Å². The quantitative estimate of drug-likeness (QED) is 0.260. The Bertz CT molecular complexity index is 456. The molecule has 0 aromatic rings. The molecule has 0 aromatic heterocycles. The van der Waals surface area contributed by atoms with E-state index in [4.69, 9.17) is 0 Å². The van der Waals surface area contributed by atoms with Gasteiger partial charge in [0, 0.05) is 60.0 Å². The number of hydrogen-bond acceptors (Lipinski definition) is 4. The second-order valence-electron chi connectivity index (χ2n) is 11.4. The first-order valence-corrected chi connectivity index (χ1v) is 15.2. The van der Waals surface area contributed by atoms with E-state index in [1.54, 1.807) is 0 Å². The van der Waals surface area contributed by atoms with Crippen LogP contribution in [-0.4, -0.2) is 107 Å². The zero-order valence-corrected chi connectivity index (χ0v) is 25.8. The molecule has 0 N–H and O–H groups in total. The van der Waals surface area contributed by atoms with Crippen molar-refractivity contribution in [3.63, 3.8) is 0 Å². The van der Waals surface area contributed by atoms with Crippen molar-refractivity contribution in [2.24, 2.45) is 0 Å². The Hall–Kier alpha value is 0.800. The summed E-state index contributed by atoms with van der Waals surface area (Å²) in [6, 6.07) is 1.19. The first-order chi connectivity index (χ1) is 14.9. The van der Waals surface area contributed by atoms with Gasteiger partial charge in [-0.1, -0.05) is 31.9 Å². The first-order valence-electron chi connectivity index (χ1n) is 13.0. The molecule has 1 fully saturated rings. The normalized spacial score (nSPS) is 27.9. The van der Waals surface area contributed by atoms with Gasteiger partial charge in [0.05, 0.1) is 0 Å². The molecule has 0 radical (unpaired) electrons. The van der Waals surface area contributed by atoms with Crippen LogP contribution in [0.1, 0.15) is 80.1 Å². The van der Waals surface area contributed by atoms with Gasteiger partial charge < -0.3 is 0 Å². The highest BCUT2D eigenvalue weighted by molar-refractivity contribution is 9.09. The fourth-order valence-corrected chi connectivity index (χ4v) is 5.89. The average Bonchev–Trinajstić information content (AvgIpc) is 2.70. The summed E-state index contributed by atoms with van der Waals surface area (Å²) in [7, 11) is 4.68. The lowest BCUT2D eigenvalue weighted by Gasteiger charge is -2.45. The van der Waals surface area contributed by atoms with Gasteiger partial charge in [0.25, 0.3) is 0 Å². The molecule has 1 aliphatic heterocycles. The maximum atomic E-state index is 3.62. The van der Waals surface area contributed by atoms with E-state index in [0.717, 1.165) is 36.8 Å². The van der Waals surface area contributed by atoms with Crippen molar-refractivity contribution < 1.29 is 0 Å². The molecule has 1 aliphatic rings. The lowest BCUT2D eigenvalue weighted by Crippen LogP contribution is -2.54. The van der Waals surface area contributed by atoms with Crippen LogP contribution in [0.4, 0.5) is 0 Å². The lowest BCUT2D eigenvalue weighted by atomic mass is 9.91. The minimum absolute atomic E-state index is 0.202. The topological polar surface area (TPSA) is 13.0 Å². The number of nitrogens with zero attached hydrogens (tertiary/aromatic N) is 4. The van der Waals surface area contributed by atoms with Crippen LogP contribution in [0, 0.1) is 0 Å². The molecule has 4 nitrogen and oxygen atoms in total. The Balaban J connectivity index is 3.06. The molecule has 0 bridgehead atoms. The van der Waals surface area contributed by atoms with Gasteiger partial charge in [-0.2, -0.15) is 0 Å². The SMILES string of the molecule is CC1CC(C)(C)N(C)CCN(CCCCBr)C(C)CC(C)(C)N(C)CCN1CCCCBr. The summed E-state index contributed by atoms with van der Waals surface area (Å²) in [5, 5.41) is 2.22. The number of alkyl halides is 2. The molecule has 32 heavy (non-hydrogen) atoms. The van der Waals surface area contributed by atoms with E-state index in [1.807, 2.05) is 0 Å². The van der Waals surface area contributed by atoms with Crippen molar-refractivity contribution in [2.75, 3.05) is 64.0 Å². The maximum absolute atomic E-state index is 3.62. The monoisotopic (exact) mass is 580 g/mol. The third kappa shape index (κ3) is 10.6. The van der Waals surface area contributed by atoms with Crippen LogP contribution in [0.3, 0.4) is 0 Å². The number of unbranched alkanes of at least 4 members (excludes halogenated alkanes) is 2. The van der Waals surface area contributed by atoms with Crippen LogP contribution in [0.15, 0.2) is 0 Å². The predicted molar refractivity (Wildman–Crippen MR) is 151 cm³/mol. The summed E-state index contributed by atoms with van der Waals surface area (Å²) in [5.74, 6) is 0. The minimum Gasteiger partial charge on any atom is -0.300 e. The first kappa shape index (κ1) is 30.8. The Morgan fingerprint density at radius 3 is 1.28 bits per heavy atom. The molecule has 1 heterocycles. The van der Waals surface area contributed by atoms with Crippen molar-refractivity contribution in [1.82, 2.24) is 19.6 Å². The molecule has 2 atom stereocenters. The Morgan fingerprint density at radius 1 is 0.625 bits per heavy atom. The summed E-state index contributed by atoms with van der Waals surface area (Å²) in [6.07, 6.45) is 7.50. The van der Waals surface area contributed by atoms with Gasteiger partial charge in [-0.05, 0) is 107 Å². The van der Waals surface area contributed by atoms with E-state index >= 15 is 0 Å². The zero-order valence-electron chi connectivity index (χ0n) is 22.6. The van der Waals surface area contributed by atoms with E-state index in [-0.39, 0.29) is 11.1 Å². The Kier molecular flexibility index (Phi) is 14.5. The minimum atomic E-state index is 0.202. The molecule has 0 aliphatic carbocycles. The molecule has 2 unspecified atom stereocenters. The van der Waals surface area contributed by atoms with Crippen LogP contribution in [-0.2, 0) is 0 Å². The summed E-state index contributed by atoms with van der Waals surface area (Å²) in [5.41, 5.74) is 0.403. The van der Waals surface area contributed by atoms with Crippen LogP contribution in [0.2, 0.25) is 0 Å². The summed E-state index contributed by atoms with van der Waals surface area (Å²) < 4.78 is 0. The molecule has 6 heteroatoms. The summed E-state index contributed by atoms with van der Waals surface area (Å²) >= 11 is 7.23. The van der Waals surface area contributed by atoms with Crippen LogP contribution in [0.5, 0.6) is 0 Å². The standard InChI is InChI=1S/C26H54Br2N4/c1-23-21-25(3,4)29(7)18-20-32(16-12-10-14-28)24(2)22-26(5,6)30(8)17-19-31(23)15-11-9-13-27/h23-24H,9-22H2,1-8H3. The number of halogens is 2. The van der Waals surface area contributed by atoms with E-state index in [0.29, 0.717) is 12.1 Å². The third-order valence-corrected chi connectivity index (χ3v) is 9.13. The van der Waals surface area contributed by atoms with Gasteiger partial charge in [-0.3, -0.25) is 19.6 Å². The summed E-state index contributed by atoms with van der Waals surface area (Å²) in [6.45, 7) is 21.7. The van der Waals surface area contributed by atoms with Gasteiger partial charge in [-0.15, -0.1) is 0 Å². The number of likely N-dealkylation sites (N-methyl/N-ethyl adjacent to an activating group) is 2. The van der Waals surface area contributed by atoms with Crippen molar-refractivity contribution in [2.45, 2.75) is 103 Å². The molecule has 192 valence electrons. The van der Waals surface area contributed by atoms with Crippen molar-refractivity contribution >= 4 is 31.9 Å². The molecule has 0 saturated carbocycles. The molecule has 1 saturated heterocycles. The zero-order chi connectivity index (χ0) is 24.4. The van der Waals surface area contributed by atoms with E-state index < -0.39 is 0 Å². The van der Waals surface area contributed by atoms with Crippen molar-refractivity contribution in [3.05, 3.63) is 0 Å². The molecule has 0 spiro atoms. The van der Waals surface area contributed by atoms with Gasteiger partial charge >= 0.3 is 0 Å². The molecule has 0 aromatic carbocycles. The fraction of sp³-hybridized carbons (Fsp3) is 1.00. The highest BCUT2D eigenvalue weighted by Gasteiger charge is 2.32. The average molecular weight is 583 g/mol. The highest BCUT2D eigenvalue weighted by Crippen LogP contribution is 2.26. The molecular formula is C26H54Br2N4. The Morgan fingerprint density at radius 2 is 0.969 bits per heavy atom. The molecular weight excluding hydrogens is 528 g/mol. The summed E-state index contributed by atoms with van der Waals surface area (Å²) in [4.78, 5) is 10.8. The maximum Gasteiger partial charge on any atom is 0.0165 e. The fourth-order valence-electron chi connectivity index (χ4n) is 5.10. The number of hydrogen-bond donors (Lipinski definition) is 0. The van der Waals surface area contributed by atoms with Crippen LogP contribution in [0.25, 0.3) is 0 Å². The van der Waals surface area contributed by atoms with Crippen LogP contribution < -0.4 is 0 Å². The lowest BCUT2D eigenvalue weighted by molar-refractivity contribution is 0.0423. The van der Waals surface area contributed by atoms with Crippen molar-refractivity contribution in [1.29, 1.82) is 0 Å². The highest BCUT2D eigenvalue weighted by atomic mass is 79.9. The largest absolute Gasteiger partial charge is 0.300 e. The Labute approximate surface area is 218 Å². The predicted octanol–water partition coefficient (Wildman–Crippen LogP) is 5.93. The van der Waals surface area contributed by atoms with E-state index in [2.05, 4.69) is 107 Å². The van der Waals surface area contributed by atoms with Gasteiger partial charge in [0.15, 0.2) is 0 Å². The third-order valence-electron chi connectivity index (χ3n) is 8.01. The van der Waals surface area contributed by atoms with Gasteiger partial charge in [0.1, 0.15) is 0 Å². The second-order valence-corrected chi connectivity index (χ2v) is 13.0. The number of rotatable bonds is 8. The molecule has 1 rings (SSSR count). The van der Waals surface area contributed by atoms with E-state index in [1.165, 1.54) is 51.6 Å². The van der Waals surface area contributed by atoms with Crippen LogP contribution >= 0.6 is 31.9 Å². The second kappa shape index (κ2) is 15.0. The van der Waals surface area contributed by atoms with Crippen molar-refractivity contribution in [3.8, 4) is 0 Å².